The predicted molar refractivity (Wildman–Crippen MR) is 37.9 cm³/mol. The molecule has 0 spiro atoms. The fourth-order valence-electron chi connectivity index (χ4n) is 1.05. The van der Waals surface area contributed by atoms with Gasteiger partial charge in [-0.05, 0) is 13.0 Å². The monoisotopic (exact) mass is 143 g/mol. The summed E-state index contributed by atoms with van der Waals surface area (Å²) in [5.74, 6) is 0. The summed E-state index contributed by atoms with van der Waals surface area (Å²) >= 11 is 0. The van der Waals surface area contributed by atoms with Crippen molar-refractivity contribution in [2.24, 2.45) is 0 Å². The minimum absolute atomic E-state index is 0.347. The molecule has 0 amide bonds. The van der Waals surface area contributed by atoms with Crippen LogP contribution in [0, 0.1) is 0 Å². The Morgan fingerprint density at radius 2 is 2.60 bits per heavy atom. The second-order valence-corrected chi connectivity index (χ2v) is 2.44. The quantitative estimate of drug-likeness (QED) is 0.443. The molecule has 0 bridgehead atoms. The first-order valence-corrected chi connectivity index (χ1v) is 3.69. The van der Waals surface area contributed by atoms with Gasteiger partial charge in [0, 0.05) is 13.0 Å². The average molecular weight is 143 g/mol. The second kappa shape index (κ2) is 4.41. The third kappa shape index (κ3) is 2.45. The molecule has 1 N–H and O–H groups in total. The Hall–Kier alpha value is -0.410. The highest BCUT2D eigenvalue weighted by Crippen LogP contribution is 2.02. The van der Waals surface area contributed by atoms with Crippen LogP contribution in [0.25, 0.3) is 0 Å². The molecule has 1 aliphatic heterocycles. The lowest BCUT2D eigenvalue weighted by Crippen LogP contribution is -2.17. The SMILES string of the molecule is O=CCCOC1CCNC1. The number of hydrogen-bond donors (Lipinski definition) is 1. The topological polar surface area (TPSA) is 38.3 Å². The summed E-state index contributed by atoms with van der Waals surface area (Å²) in [4.78, 5) is 9.88. The standard InChI is InChI=1S/C7H13NO2/c9-4-1-5-10-7-2-3-8-6-7/h4,7-8H,1-3,5-6H2. The van der Waals surface area contributed by atoms with Crippen molar-refractivity contribution in [1.29, 1.82) is 0 Å². The third-order valence-electron chi connectivity index (χ3n) is 1.60. The minimum atomic E-state index is 0.347. The summed E-state index contributed by atoms with van der Waals surface area (Å²) in [6, 6.07) is 0. The number of carbonyl (C=O) groups excluding carboxylic acids is 1. The molecule has 1 aliphatic rings. The van der Waals surface area contributed by atoms with Crippen LogP contribution in [-0.2, 0) is 9.53 Å². The van der Waals surface area contributed by atoms with Crippen LogP contribution in [0.2, 0.25) is 0 Å². The Bertz CT molecular complexity index is 99.8. The molecule has 0 saturated carbocycles. The van der Waals surface area contributed by atoms with Gasteiger partial charge in [0.15, 0.2) is 0 Å². The van der Waals surface area contributed by atoms with Crippen molar-refractivity contribution in [1.82, 2.24) is 5.32 Å². The Balaban J connectivity index is 1.96. The maximum atomic E-state index is 9.88. The van der Waals surface area contributed by atoms with Crippen LogP contribution in [0.4, 0.5) is 0 Å². The van der Waals surface area contributed by atoms with E-state index in [0.717, 1.165) is 25.8 Å². The zero-order chi connectivity index (χ0) is 7.23. The van der Waals surface area contributed by atoms with Crippen molar-refractivity contribution in [3.63, 3.8) is 0 Å². The summed E-state index contributed by atoms with van der Waals surface area (Å²) in [7, 11) is 0. The van der Waals surface area contributed by atoms with E-state index in [-0.39, 0.29) is 0 Å². The van der Waals surface area contributed by atoms with E-state index in [0.29, 0.717) is 19.1 Å². The van der Waals surface area contributed by atoms with E-state index in [1.54, 1.807) is 0 Å². The predicted octanol–water partition coefficient (Wildman–Crippen LogP) is -0.0461. The fourth-order valence-corrected chi connectivity index (χ4v) is 1.05. The maximum Gasteiger partial charge on any atom is 0.122 e. The molecule has 0 aliphatic carbocycles. The molecule has 58 valence electrons. The Kier molecular flexibility index (Phi) is 3.40. The molecule has 0 radical (unpaired) electrons. The minimum Gasteiger partial charge on any atom is -0.376 e. The van der Waals surface area contributed by atoms with Gasteiger partial charge in [-0.3, -0.25) is 0 Å². The number of hydrogen-bond acceptors (Lipinski definition) is 3. The van der Waals surface area contributed by atoms with Crippen LogP contribution in [-0.4, -0.2) is 32.1 Å². The van der Waals surface area contributed by atoms with Crippen LogP contribution in [0.5, 0.6) is 0 Å². The molecule has 1 fully saturated rings. The smallest absolute Gasteiger partial charge is 0.122 e. The van der Waals surface area contributed by atoms with E-state index in [9.17, 15) is 4.79 Å². The van der Waals surface area contributed by atoms with Gasteiger partial charge in [-0.25, -0.2) is 0 Å². The highest BCUT2D eigenvalue weighted by molar-refractivity contribution is 5.49. The second-order valence-electron chi connectivity index (χ2n) is 2.44. The highest BCUT2D eigenvalue weighted by Gasteiger charge is 2.13. The number of ether oxygens (including phenoxy) is 1. The van der Waals surface area contributed by atoms with Gasteiger partial charge in [-0.1, -0.05) is 0 Å². The third-order valence-corrected chi connectivity index (χ3v) is 1.60. The van der Waals surface area contributed by atoms with Gasteiger partial charge in [-0.15, -0.1) is 0 Å². The normalized spacial score (nSPS) is 25.0. The molecule has 1 atom stereocenters. The molecule has 3 heteroatoms. The van der Waals surface area contributed by atoms with Crippen molar-refractivity contribution in [2.75, 3.05) is 19.7 Å². The summed E-state index contributed by atoms with van der Waals surface area (Å²) < 4.78 is 5.35. The molecule has 0 aromatic carbocycles. The zero-order valence-electron chi connectivity index (χ0n) is 6.01. The first kappa shape index (κ1) is 7.69. The number of carbonyl (C=O) groups is 1. The number of rotatable bonds is 4. The van der Waals surface area contributed by atoms with E-state index in [4.69, 9.17) is 4.74 Å². The molecule has 1 rings (SSSR count). The van der Waals surface area contributed by atoms with Gasteiger partial charge in [0.2, 0.25) is 0 Å². The summed E-state index contributed by atoms with van der Waals surface area (Å²) in [6.07, 6.45) is 2.84. The summed E-state index contributed by atoms with van der Waals surface area (Å²) in [6.45, 7) is 2.57. The first-order chi connectivity index (χ1) is 4.93. The highest BCUT2D eigenvalue weighted by atomic mass is 16.5. The molecule has 10 heavy (non-hydrogen) atoms. The molecule has 1 saturated heterocycles. The Morgan fingerprint density at radius 1 is 1.70 bits per heavy atom. The molecule has 0 aromatic rings. The molecular weight excluding hydrogens is 130 g/mol. The van der Waals surface area contributed by atoms with Crippen molar-refractivity contribution in [3.05, 3.63) is 0 Å². The average Bonchev–Trinajstić information content (AvgIpc) is 2.41. The molecular formula is C7H13NO2. The fraction of sp³-hybridized carbons (Fsp3) is 0.857. The van der Waals surface area contributed by atoms with Gasteiger partial charge in [0.1, 0.15) is 6.29 Å². The van der Waals surface area contributed by atoms with Gasteiger partial charge in [-0.2, -0.15) is 0 Å². The summed E-state index contributed by atoms with van der Waals surface area (Å²) in [5.41, 5.74) is 0. The van der Waals surface area contributed by atoms with Gasteiger partial charge >= 0.3 is 0 Å². The van der Waals surface area contributed by atoms with Crippen LogP contribution in [0.3, 0.4) is 0 Å². The van der Waals surface area contributed by atoms with Gasteiger partial charge < -0.3 is 14.8 Å². The lowest BCUT2D eigenvalue weighted by Gasteiger charge is -2.07. The Morgan fingerprint density at radius 3 is 3.20 bits per heavy atom. The van der Waals surface area contributed by atoms with Crippen molar-refractivity contribution in [3.8, 4) is 0 Å². The van der Waals surface area contributed by atoms with E-state index in [2.05, 4.69) is 5.32 Å². The van der Waals surface area contributed by atoms with E-state index < -0.39 is 0 Å². The van der Waals surface area contributed by atoms with Crippen LogP contribution in [0.1, 0.15) is 12.8 Å². The van der Waals surface area contributed by atoms with E-state index in [1.165, 1.54) is 0 Å². The van der Waals surface area contributed by atoms with Gasteiger partial charge in [0.05, 0.1) is 12.7 Å². The van der Waals surface area contributed by atoms with Gasteiger partial charge in [0.25, 0.3) is 0 Å². The van der Waals surface area contributed by atoms with Crippen molar-refractivity contribution in [2.45, 2.75) is 18.9 Å². The number of aldehydes is 1. The van der Waals surface area contributed by atoms with E-state index >= 15 is 0 Å². The lowest BCUT2D eigenvalue weighted by molar-refractivity contribution is -0.109. The Labute approximate surface area is 60.7 Å². The van der Waals surface area contributed by atoms with Crippen molar-refractivity contribution >= 4 is 6.29 Å². The van der Waals surface area contributed by atoms with Crippen LogP contribution >= 0.6 is 0 Å². The first-order valence-electron chi connectivity index (χ1n) is 3.69. The lowest BCUT2D eigenvalue weighted by atomic mass is 10.3. The molecule has 3 nitrogen and oxygen atoms in total. The molecule has 1 unspecified atom stereocenters. The van der Waals surface area contributed by atoms with Crippen molar-refractivity contribution < 1.29 is 9.53 Å². The molecule has 0 aromatic heterocycles. The molecule has 1 heterocycles. The largest absolute Gasteiger partial charge is 0.376 e. The van der Waals surface area contributed by atoms with Crippen LogP contribution < -0.4 is 5.32 Å². The maximum absolute atomic E-state index is 9.88. The van der Waals surface area contributed by atoms with E-state index in [1.807, 2.05) is 0 Å². The summed E-state index contributed by atoms with van der Waals surface area (Å²) in [5, 5.41) is 3.19. The zero-order valence-corrected chi connectivity index (χ0v) is 6.01. The number of nitrogens with one attached hydrogen (secondary N) is 1. The van der Waals surface area contributed by atoms with Crippen LogP contribution in [0.15, 0.2) is 0 Å².